The second-order valence-corrected chi connectivity index (χ2v) is 10.9. The molecule has 192 valence electrons. The third-order valence-electron chi connectivity index (χ3n) is 9.05. The molecule has 36 heavy (non-hydrogen) atoms. The Labute approximate surface area is 213 Å². The molecule has 2 aromatic rings. The van der Waals surface area contributed by atoms with Gasteiger partial charge >= 0.3 is 12.1 Å². The second-order valence-electron chi connectivity index (χ2n) is 10.9. The lowest BCUT2D eigenvalue weighted by Crippen LogP contribution is -2.60. The molecule has 0 radical (unpaired) electrons. The number of hydrogen-bond acceptors (Lipinski definition) is 5. The number of rotatable bonds is 7. The Kier molecular flexibility index (Phi) is 7.28. The lowest BCUT2D eigenvalue weighted by Gasteiger charge is -2.47. The van der Waals surface area contributed by atoms with Gasteiger partial charge in [0.1, 0.15) is 11.8 Å². The van der Waals surface area contributed by atoms with Crippen molar-refractivity contribution in [1.29, 1.82) is 0 Å². The van der Waals surface area contributed by atoms with Crippen molar-refractivity contribution in [3.8, 4) is 5.75 Å². The van der Waals surface area contributed by atoms with E-state index in [1.807, 2.05) is 24.5 Å². The summed E-state index contributed by atoms with van der Waals surface area (Å²) < 4.78 is 5.41. The van der Waals surface area contributed by atoms with Crippen molar-refractivity contribution in [1.82, 2.24) is 4.98 Å². The van der Waals surface area contributed by atoms with E-state index in [-0.39, 0.29) is 12.1 Å². The van der Waals surface area contributed by atoms with Crippen molar-refractivity contribution < 1.29 is 23.9 Å². The number of anilines is 1. The van der Waals surface area contributed by atoms with Gasteiger partial charge in [0, 0.05) is 56.0 Å². The number of carbonyl (C=O) groups excluding carboxylic acids is 1. The quantitative estimate of drug-likeness (QED) is 0.302. The van der Waals surface area contributed by atoms with Crippen LogP contribution in [0, 0.1) is 5.92 Å². The Morgan fingerprint density at radius 3 is 2.47 bits per heavy atom. The van der Waals surface area contributed by atoms with E-state index in [1.54, 1.807) is 6.07 Å². The third-order valence-corrected chi connectivity index (χ3v) is 9.05. The smallest absolute Gasteiger partial charge is 0.449 e. The summed E-state index contributed by atoms with van der Waals surface area (Å²) in [5, 5.41) is 9.14. The number of carbonyl (C=O) groups is 2. The summed E-state index contributed by atoms with van der Waals surface area (Å²) in [4.78, 5) is 31.9. The van der Waals surface area contributed by atoms with Crippen LogP contribution in [0.4, 0.5) is 10.5 Å². The Morgan fingerprint density at radius 2 is 1.78 bits per heavy atom. The highest BCUT2D eigenvalue weighted by Gasteiger charge is 2.50. The minimum atomic E-state index is -1.31. The summed E-state index contributed by atoms with van der Waals surface area (Å²) in [6.07, 6.45) is 12.8. The minimum Gasteiger partial charge on any atom is -0.449 e. The van der Waals surface area contributed by atoms with Gasteiger partial charge in [0.15, 0.2) is 0 Å². The number of benzene rings is 1. The molecule has 7 heteroatoms. The van der Waals surface area contributed by atoms with Crippen LogP contribution in [0.25, 0.3) is 0 Å². The van der Waals surface area contributed by atoms with Crippen LogP contribution in [0.3, 0.4) is 0 Å². The van der Waals surface area contributed by atoms with Gasteiger partial charge in [0.05, 0.1) is 19.5 Å². The van der Waals surface area contributed by atoms with Crippen molar-refractivity contribution in [3.05, 3.63) is 53.9 Å². The van der Waals surface area contributed by atoms with E-state index in [0.29, 0.717) is 28.5 Å². The molecule has 2 heterocycles. The monoisotopic (exact) mass is 492 g/mol. The summed E-state index contributed by atoms with van der Waals surface area (Å²) in [7, 11) is 2.16. The number of carboxylic acid groups (broad SMARTS) is 1. The van der Waals surface area contributed by atoms with Crippen LogP contribution in [0.1, 0.15) is 75.0 Å². The first-order valence-electron chi connectivity index (χ1n) is 13.5. The molecule has 0 bridgehead atoms. The van der Waals surface area contributed by atoms with E-state index in [2.05, 4.69) is 29.1 Å². The zero-order chi connectivity index (χ0) is 25.1. The molecular weight excluding hydrogens is 454 g/mol. The Balaban J connectivity index is 1.40. The molecule has 1 aliphatic heterocycles. The molecule has 1 N–H and O–H groups in total. The van der Waals surface area contributed by atoms with Gasteiger partial charge in [-0.3, -0.25) is 9.47 Å². The number of pyridine rings is 1. The molecule has 2 aliphatic carbocycles. The summed E-state index contributed by atoms with van der Waals surface area (Å²) in [6, 6.07) is 9.96. The summed E-state index contributed by atoms with van der Waals surface area (Å²) in [5.74, 6) is 1.36. The average molecular weight is 493 g/mol. The molecular formula is C29H38N3O4+. The van der Waals surface area contributed by atoms with Gasteiger partial charge in [0.25, 0.3) is 0 Å². The van der Waals surface area contributed by atoms with Crippen molar-refractivity contribution in [2.24, 2.45) is 5.92 Å². The Hall–Kier alpha value is -2.93. The largest absolute Gasteiger partial charge is 0.511 e. The second kappa shape index (κ2) is 10.6. The normalized spacial score (nSPS) is 22.2. The van der Waals surface area contributed by atoms with Gasteiger partial charge < -0.3 is 14.7 Å². The zero-order valence-corrected chi connectivity index (χ0v) is 21.3. The van der Waals surface area contributed by atoms with Crippen LogP contribution in [-0.2, 0) is 11.2 Å². The van der Waals surface area contributed by atoms with Crippen molar-refractivity contribution in [2.75, 3.05) is 25.0 Å². The van der Waals surface area contributed by atoms with E-state index in [9.17, 15) is 9.59 Å². The van der Waals surface area contributed by atoms with Crippen LogP contribution in [-0.4, -0.2) is 52.8 Å². The molecule has 1 amide bonds. The molecule has 7 nitrogen and oxygen atoms in total. The summed E-state index contributed by atoms with van der Waals surface area (Å²) >= 11 is 0. The fraction of sp³-hybridized carbons (Fsp3) is 0.552. The van der Waals surface area contributed by atoms with Crippen LogP contribution >= 0.6 is 0 Å². The van der Waals surface area contributed by atoms with Crippen molar-refractivity contribution in [3.63, 3.8) is 0 Å². The highest BCUT2D eigenvalue weighted by atomic mass is 16.7. The molecule has 2 fully saturated rings. The number of amides is 1. The van der Waals surface area contributed by atoms with Gasteiger partial charge in [-0.1, -0.05) is 31.7 Å². The van der Waals surface area contributed by atoms with Gasteiger partial charge in [0.2, 0.25) is 0 Å². The van der Waals surface area contributed by atoms with E-state index in [0.717, 1.165) is 50.8 Å². The molecule has 2 unspecified atom stereocenters. The maximum absolute atomic E-state index is 14.2. The first-order valence-corrected chi connectivity index (χ1v) is 13.5. The van der Waals surface area contributed by atoms with Crippen LogP contribution in [0.15, 0.2) is 42.7 Å². The number of piperidine rings is 1. The molecule has 3 aliphatic rings. The lowest BCUT2D eigenvalue weighted by atomic mass is 9.92. The fourth-order valence-electron chi connectivity index (χ4n) is 6.99. The maximum atomic E-state index is 14.2. The molecule has 2 atom stereocenters. The van der Waals surface area contributed by atoms with Crippen molar-refractivity contribution in [2.45, 2.75) is 76.3 Å². The predicted molar refractivity (Wildman–Crippen MR) is 138 cm³/mol. The van der Waals surface area contributed by atoms with E-state index >= 15 is 0 Å². The molecule has 1 saturated heterocycles. The summed E-state index contributed by atoms with van der Waals surface area (Å²) in [5.41, 5.74) is 3.48. The molecule has 1 aromatic carbocycles. The Morgan fingerprint density at radius 1 is 1.06 bits per heavy atom. The van der Waals surface area contributed by atoms with Crippen LogP contribution in [0.5, 0.6) is 5.75 Å². The van der Waals surface area contributed by atoms with E-state index < -0.39 is 6.16 Å². The van der Waals surface area contributed by atoms with Gasteiger partial charge in [-0.2, -0.15) is 0 Å². The number of quaternary nitrogens is 1. The van der Waals surface area contributed by atoms with Gasteiger partial charge in [-0.15, -0.1) is 0 Å². The number of hydrogen-bond donors (Lipinski definition) is 1. The minimum absolute atomic E-state index is 0.0332. The van der Waals surface area contributed by atoms with Crippen molar-refractivity contribution >= 4 is 17.7 Å². The topological polar surface area (TPSA) is 79.7 Å². The summed E-state index contributed by atoms with van der Waals surface area (Å²) in [6.45, 7) is 1.83. The predicted octanol–water partition coefficient (Wildman–Crippen LogP) is 5.74. The van der Waals surface area contributed by atoms with Gasteiger partial charge in [-0.25, -0.2) is 9.59 Å². The first kappa shape index (κ1) is 24.8. The lowest BCUT2D eigenvalue weighted by molar-refractivity contribution is -0.892. The highest BCUT2D eigenvalue weighted by Crippen LogP contribution is 2.45. The van der Waals surface area contributed by atoms with Gasteiger partial charge in [-0.05, 0) is 48.6 Å². The maximum Gasteiger partial charge on any atom is 0.511 e. The highest BCUT2D eigenvalue weighted by molar-refractivity contribution is 5.70. The number of aryl methyl sites for hydroxylation is 1. The molecule has 5 rings (SSSR count). The molecule has 0 spiro atoms. The van der Waals surface area contributed by atoms with E-state index in [1.165, 1.54) is 36.9 Å². The Bertz CT molecular complexity index is 1080. The zero-order valence-electron chi connectivity index (χ0n) is 21.3. The molecule has 1 aromatic heterocycles. The van der Waals surface area contributed by atoms with Crippen LogP contribution in [0.2, 0.25) is 0 Å². The third kappa shape index (κ3) is 4.99. The van der Waals surface area contributed by atoms with E-state index in [4.69, 9.17) is 9.84 Å². The SMILES string of the molecule is C[N+](C(=O)CCC1CCCC1)(C1CCN(c2ccncc2)CC1)C1CCc2ccc(OC(=O)O)cc21. The first-order chi connectivity index (χ1) is 17.4. The number of aromatic nitrogens is 1. The number of ether oxygens (including phenoxy) is 1. The number of fused-ring (bicyclic) bond motifs is 1. The molecule has 1 saturated carbocycles. The fourth-order valence-corrected chi connectivity index (χ4v) is 6.99. The standard InChI is InChI=1S/C29H37N3O4/c1-32(28(33)11-6-21-4-2-3-5-21,24-14-18-31(19-15-24)23-12-16-30-17-13-23)27-10-8-22-7-9-25(20-26(22)27)36-29(34)35/h7,9,12-13,16-17,20-21,24,27H,2-6,8,10-11,14-15,18-19H2,1H3/p+1. The number of nitrogens with zero attached hydrogens (tertiary/aromatic N) is 3. The average Bonchev–Trinajstić information content (AvgIpc) is 3.57. The van der Waals surface area contributed by atoms with Crippen LogP contribution < -0.4 is 9.64 Å².